The second-order valence-electron chi connectivity index (χ2n) is 6.45. The summed E-state index contributed by atoms with van der Waals surface area (Å²) in [5.41, 5.74) is 1.48. The molecule has 1 aliphatic rings. The number of benzene rings is 2. The maximum Gasteiger partial charge on any atom is 0.416 e. The zero-order chi connectivity index (χ0) is 18.9. The minimum atomic E-state index is -4.36. The van der Waals surface area contributed by atoms with Gasteiger partial charge in [-0.2, -0.15) is 18.2 Å². The van der Waals surface area contributed by atoms with Gasteiger partial charge in [0.25, 0.3) is 0 Å². The van der Waals surface area contributed by atoms with Crippen LogP contribution >= 0.6 is 0 Å². The lowest BCUT2D eigenvalue weighted by molar-refractivity contribution is -0.137. The molecule has 0 saturated heterocycles. The number of rotatable bonds is 5. The fourth-order valence-corrected chi connectivity index (χ4v) is 2.64. The highest BCUT2D eigenvalue weighted by atomic mass is 19.4. The molecule has 1 fully saturated rings. The topological polar surface area (TPSA) is 49.8 Å². The Labute approximate surface area is 154 Å². The highest BCUT2D eigenvalue weighted by Gasteiger charge is 2.30. The van der Waals surface area contributed by atoms with Crippen LogP contribution in [0.2, 0.25) is 0 Å². The van der Waals surface area contributed by atoms with Crippen molar-refractivity contribution < 1.29 is 13.2 Å². The van der Waals surface area contributed by atoms with Crippen molar-refractivity contribution >= 4 is 17.5 Å². The molecule has 1 heterocycles. The molecule has 138 valence electrons. The molecular formula is C20H17F3N4. The van der Waals surface area contributed by atoms with Crippen LogP contribution in [-0.2, 0) is 6.18 Å². The molecule has 7 heteroatoms. The molecule has 1 saturated carbocycles. The van der Waals surface area contributed by atoms with Crippen LogP contribution < -0.4 is 10.6 Å². The van der Waals surface area contributed by atoms with Crippen LogP contribution in [0.25, 0.3) is 11.3 Å². The predicted octanol–water partition coefficient (Wildman–Crippen LogP) is 5.48. The van der Waals surface area contributed by atoms with E-state index >= 15 is 0 Å². The molecule has 0 radical (unpaired) electrons. The van der Waals surface area contributed by atoms with E-state index in [0.29, 0.717) is 23.5 Å². The molecule has 4 nitrogen and oxygen atoms in total. The maximum absolute atomic E-state index is 12.7. The quantitative estimate of drug-likeness (QED) is 0.624. The first-order valence-corrected chi connectivity index (χ1v) is 8.63. The third-order valence-electron chi connectivity index (χ3n) is 4.19. The Morgan fingerprint density at radius 1 is 0.889 bits per heavy atom. The van der Waals surface area contributed by atoms with E-state index in [0.717, 1.165) is 36.2 Å². The van der Waals surface area contributed by atoms with Gasteiger partial charge in [-0.3, -0.25) is 0 Å². The molecule has 3 aromatic rings. The van der Waals surface area contributed by atoms with E-state index in [1.165, 1.54) is 12.1 Å². The molecule has 0 amide bonds. The van der Waals surface area contributed by atoms with Gasteiger partial charge in [0.1, 0.15) is 5.82 Å². The van der Waals surface area contributed by atoms with Gasteiger partial charge in [0.05, 0.1) is 11.3 Å². The third kappa shape index (κ3) is 4.36. The van der Waals surface area contributed by atoms with Crippen molar-refractivity contribution in [1.82, 2.24) is 9.97 Å². The van der Waals surface area contributed by atoms with Crippen LogP contribution in [0, 0.1) is 0 Å². The first-order valence-electron chi connectivity index (χ1n) is 8.63. The van der Waals surface area contributed by atoms with Crippen molar-refractivity contribution in [3.63, 3.8) is 0 Å². The van der Waals surface area contributed by atoms with E-state index in [-0.39, 0.29) is 0 Å². The summed E-state index contributed by atoms with van der Waals surface area (Å²) < 4.78 is 38.1. The van der Waals surface area contributed by atoms with Gasteiger partial charge in [-0.25, -0.2) is 4.98 Å². The average molecular weight is 370 g/mol. The van der Waals surface area contributed by atoms with Crippen molar-refractivity contribution in [2.45, 2.75) is 25.1 Å². The number of anilines is 3. The highest BCUT2D eigenvalue weighted by Crippen LogP contribution is 2.31. The van der Waals surface area contributed by atoms with Gasteiger partial charge >= 0.3 is 6.18 Å². The number of nitrogens with one attached hydrogen (secondary N) is 2. The minimum absolute atomic E-state index is 0.333. The Bertz CT molecular complexity index is 920. The van der Waals surface area contributed by atoms with Gasteiger partial charge in [0, 0.05) is 23.4 Å². The van der Waals surface area contributed by atoms with Gasteiger partial charge in [0.15, 0.2) is 0 Å². The number of alkyl halides is 3. The molecule has 4 rings (SSSR count). The van der Waals surface area contributed by atoms with Crippen molar-refractivity contribution in [1.29, 1.82) is 0 Å². The second-order valence-corrected chi connectivity index (χ2v) is 6.45. The molecule has 1 aliphatic carbocycles. The van der Waals surface area contributed by atoms with Crippen molar-refractivity contribution in [2.75, 3.05) is 10.6 Å². The van der Waals surface area contributed by atoms with Crippen LogP contribution in [0.3, 0.4) is 0 Å². The number of halogens is 3. The number of hydrogen-bond donors (Lipinski definition) is 2. The standard InChI is InChI=1S/C20H17F3N4/c21-20(22,23)14-6-8-16(9-7-14)25-19-26-17(13-4-2-1-3-5-13)12-18(27-19)24-15-10-11-15/h1-9,12,15H,10-11H2,(H2,24,25,26,27). The summed E-state index contributed by atoms with van der Waals surface area (Å²) in [4.78, 5) is 8.96. The molecule has 0 unspecified atom stereocenters. The smallest absolute Gasteiger partial charge is 0.367 e. The Morgan fingerprint density at radius 3 is 2.22 bits per heavy atom. The molecule has 27 heavy (non-hydrogen) atoms. The Kier molecular flexibility index (Phi) is 4.43. The Balaban J connectivity index is 1.63. The summed E-state index contributed by atoms with van der Waals surface area (Å²) in [7, 11) is 0. The molecule has 2 N–H and O–H groups in total. The number of aromatic nitrogens is 2. The summed E-state index contributed by atoms with van der Waals surface area (Å²) in [5.74, 6) is 1.03. The van der Waals surface area contributed by atoms with Crippen LogP contribution in [0.4, 0.5) is 30.6 Å². The lowest BCUT2D eigenvalue weighted by Gasteiger charge is -2.12. The lowest BCUT2D eigenvalue weighted by atomic mass is 10.1. The fourth-order valence-electron chi connectivity index (χ4n) is 2.64. The van der Waals surface area contributed by atoms with Crippen molar-refractivity contribution in [2.24, 2.45) is 0 Å². The van der Waals surface area contributed by atoms with E-state index in [1.807, 2.05) is 36.4 Å². The summed E-state index contributed by atoms with van der Waals surface area (Å²) in [6, 6.07) is 16.8. The second kappa shape index (κ2) is 6.90. The summed E-state index contributed by atoms with van der Waals surface area (Å²) in [5, 5.41) is 6.34. The van der Waals surface area contributed by atoms with E-state index in [2.05, 4.69) is 20.6 Å². The van der Waals surface area contributed by atoms with Crippen LogP contribution in [-0.4, -0.2) is 16.0 Å². The first-order chi connectivity index (χ1) is 13.0. The van der Waals surface area contributed by atoms with E-state index < -0.39 is 11.7 Å². The minimum Gasteiger partial charge on any atom is -0.367 e. The zero-order valence-electron chi connectivity index (χ0n) is 14.3. The monoisotopic (exact) mass is 370 g/mol. The normalized spacial score (nSPS) is 14.0. The van der Waals surface area contributed by atoms with Gasteiger partial charge in [-0.15, -0.1) is 0 Å². The first kappa shape index (κ1) is 17.3. The van der Waals surface area contributed by atoms with Crippen LogP contribution in [0.5, 0.6) is 0 Å². The van der Waals surface area contributed by atoms with E-state index in [1.54, 1.807) is 0 Å². The predicted molar refractivity (Wildman–Crippen MR) is 98.8 cm³/mol. The van der Waals surface area contributed by atoms with E-state index in [9.17, 15) is 13.2 Å². The number of hydrogen-bond acceptors (Lipinski definition) is 4. The SMILES string of the molecule is FC(F)(F)c1ccc(Nc2nc(NC3CC3)cc(-c3ccccc3)n2)cc1. The molecule has 0 spiro atoms. The molecule has 1 aromatic heterocycles. The summed E-state index contributed by atoms with van der Waals surface area (Å²) in [6.45, 7) is 0. The molecule has 0 atom stereocenters. The van der Waals surface area contributed by atoms with Gasteiger partial charge in [0.2, 0.25) is 5.95 Å². The largest absolute Gasteiger partial charge is 0.416 e. The van der Waals surface area contributed by atoms with Gasteiger partial charge < -0.3 is 10.6 Å². The number of nitrogens with zero attached hydrogens (tertiary/aromatic N) is 2. The Hall–Kier alpha value is -3.09. The zero-order valence-corrected chi connectivity index (χ0v) is 14.3. The molecule has 2 aromatic carbocycles. The van der Waals surface area contributed by atoms with E-state index in [4.69, 9.17) is 0 Å². The Morgan fingerprint density at radius 2 is 1.59 bits per heavy atom. The van der Waals surface area contributed by atoms with Crippen molar-refractivity contribution in [3.05, 3.63) is 66.2 Å². The third-order valence-corrected chi connectivity index (χ3v) is 4.19. The molecule has 0 bridgehead atoms. The lowest BCUT2D eigenvalue weighted by Crippen LogP contribution is -2.07. The molecular weight excluding hydrogens is 353 g/mol. The van der Waals surface area contributed by atoms with Crippen molar-refractivity contribution in [3.8, 4) is 11.3 Å². The highest BCUT2D eigenvalue weighted by molar-refractivity contribution is 5.66. The van der Waals surface area contributed by atoms with Crippen LogP contribution in [0.1, 0.15) is 18.4 Å². The van der Waals surface area contributed by atoms with Gasteiger partial charge in [-0.05, 0) is 37.1 Å². The summed E-state index contributed by atoms with van der Waals surface area (Å²) in [6.07, 6.45) is -2.15. The molecule has 0 aliphatic heterocycles. The van der Waals surface area contributed by atoms with Crippen LogP contribution in [0.15, 0.2) is 60.7 Å². The van der Waals surface area contributed by atoms with Gasteiger partial charge in [-0.1, -0.05) is 30.3 Å². The fraction of sp³-hybridized carbons (Fsp3) is 0.200. The maximum atomic E-state index is 12.7. The summed E-state index contributed by atoms with van der Waals surface area (Å²) >= 11 is 0. The average Bonchev–Trinajstić information content (AvgIpc) is 3.46.